The fraction of sp³-hybridized carbons (Fsp3) is 0.375. The number of anilines is 1. The van der Waals surface area contributed by atoms with Gasteiger partial charge in [-0.25, -0.2) is 9.97 Å². The number of thiophene rings is 1. The fourth-order valence-electron chi connectivity index (χ4n) is 4.34. The number of carbonyl (C=O) groups excluding carboxylic acids is 1. The Balaban J connectivity index is 1.54. The van der Waals surface area contributed by atoms with Crippen molar-refractivity contribution in [3.8, 4) is 0 Å². The van der Waals surface area contributed by atoms with Gasteiger partial charge in [-0.15, -0.1) is 11.3 Å². The van der Waals surface area contributed by atoms with Crippen LogP contribution >= 0.6 is 22.9 Å². The van der Waals surface area contributed by atoms with Gasteiger partial charge in [0.15, 0.2) is 0 Å². The average molecular weight is 456 g/mol. The van der Waals surface area contributed by atoms with Crippen LogP contribution in [-0.4, -0.2) is 33.5 Å². The molecule has 7 heteroatoms. The molecule has 162 valence electrons. The molecule has 4 rings (SSSR count). The third kappa shape index (κ3) is 4.97. The summed E-state index contributed by atoms with van der Waals surface area (Å²) in [6.07, 6.45) is 5.61. The second-order valence-corrected chi connectivity index (χ2v) is 9.95. The first-order valence-corrected chi connectivity index (χ1v) is 11.7. The molecule has 0 unspecified atom stereocenters. The molecule has 0 saturated heterocycles. The number of ketones is 1. The van der Waals surface area contributed by atoms with Crippen LogP contribution in [0.25, 0.3) is 0 Å². The number of nitrogens with one attached hydrogen (secondary N) is 1. The van der Waals surface area contributed by atoms with Gasteiger partial charge in [-0.05, 0) is 60.9 Å². The van der Waals surface area contributed by atoms with Gasteiger partial charge < -0.3 is 10.4 Å². The maximum atomic E-state index is 13.4. The van der Waals surface area contributed by atoms with Crippen molar-refractivity contribution in [2.45, 2.75) is 39.2 Å². The largest absolute Gasteiger partial charge is 0.396 e. The maximum Gasteiger partial charge on any atom is 0.208 e. The highest BCUT2D eigenvalue weighted by atomic mass is 35.5. The molecule has 1 aliphatic rings. The van der Waals surface area contributed by atoms with E-state index in [-0.39, 0.29) is 24.3 Å². The van der Waals surface area contributed by atoms with Crippen LogP contribution in [0.15, 0.2) is 42.9 Å². The second-order valence-electron chi connectivity index (χ2n) is 8.38. The van der Waals surface area contributed by atoms with Crippen LogP contribution in [0.5, 0.6) is 0 Å². The predicted octanol–water partition coefficient (Wildman–Crippen LogP) is 5.14. The van der Waals surface area contributed by atoms with E-state index in [1.165, 1.54) is 17.7 Å². The molecule has 0 amide bonds. The number of hydrogen-bond acceptors (Lipinski definition) is 6. The monoisotopic (exact) mass is 455 g/mol. The van der Waals surface area contributed by atoms with E-state index in [2.05, 4.69) is 28.3 Å². The Kier molecular flexibility index (Phi) is 6.70. The third-order valence-electron chi connectivity index (χ3n) is 6.02. The Hall–Kier alpha value is -2.28. The molecule has 2 aromatic heterocycles. The Morgan fingerprint density at radius 1 is 1.32 bits per heavy atom. The zero-order valence-electron chi connectivity index (χ0n) is 17.6. The van der Waals surface area contributed by atoms with Crippen LogP contribution in [0.1, 0.15) is 51.0 Å². The number of carbonyl (C=O) groups is 1. The number of hydrogen-bond donors (Lipinski definition) is 2. The first-order valence-electron chi connectivity index (χ1n) is 10.5. The summed E-state index contributed by atoms with van der Waals surface area (Å²) in [5.74, 6) is 1.23. The molecule has 3 aromatic rings. The number of benzene rings is 1. The minimum atomic E-state index is -0.0623. The van der Waals surface area contributed by atoms with Gasteiger partial charge in [-0.3, -0.25) is 4.79 Å². The van der Waals surface area contributed by atoms with E-state index in [1.807, 2.05) is 31.2 Å². The lowest BCUT2D eigenvalue weighted by molar-refractivity contribution is 0.104. The van der Waals surface area contributed by atoms with Gasteiger partial charge in [0.05, 0.1) is 10.4 Å². The maximum absolute atomic E-state index is 13.4. The summed E-state index contributed by atoms with van der Waals surface area (Å²) < 4.78 is 0. The molecule has 2 heterocycles. The predicted molar refractivity (Wildman–Crippen MR) is 125 cm³/mol. The number of aliphatic hydroxyl groups excluding tert-OH is 1. The van der Waals surface area contributed by atoms with Crippen molar-refractivity contribution in [1.29, 1.82) is 0 Å². The molecule has 1 aromatic carbocycles. The van der Waals surface area contributed by atoms with Crippen molar-refractivity contribution in [3.05, 3.63) is 74.3 Å². The van der Waals surface area contributed by atoms with Crippen LogP contribution in [-0.2, 0) is 6.42 Å². The summed E-state index contributed by atoms with van der Waals surface area (Å²) in [4.78, 5) is 23.7. The van der Waals surface area contributed by atoms with Crippen LogP contribution in [0, 0.1) is 18.8 Å². The summed E-state index contributed by atoms with van der Waals surface area (Å²) in [6.45, 7) is 4.32. The molecule has 0 aliphatic heterocycles. The number of rotatable bonds is 7. The van der Waals surface area contributed by atoms with E-state index < -0.39 is 0 Å². The van der Waals surface area contributed by atoms with Gasteiger partial charge in [0.25, 0.3) is 0 Å². The Morgan fingerprint density at radius 2 is 2.16 bits per heavy atom. The molecular weight excluding hydrogens is 430 g/mol. The lowest BCUT2D eigenvalue weighted by Crippen LogP contribution is -2.20. The number of nitrogens with zero attached hydrogens (tertiary/aromatic N) is 2. The summed E-state index contributed by atoms with van der Waals surface area (Å²) in [6, 6.07) is 10.0. The number of aromatic nitrogens is 2. The van der Waals surface area contributed by atoms with Crippen LogP contribution in [0.4, 0.5) is 5.82 Å². The first kappa shape index (κ1) is 21.9. The molecule has 3 atom stereocenters. The third-order valence-corrected chi connectivity index (χ3v) is 7.49. The second kappa shape index (κ2) is 9.47. The SMILES string of the molecule is Cc1cc(Cc2cccc(Cl)c2)sc1C(=O)c1cncnc1N[C@@H]1C[C@H](CO)[C@@H](C)C1. The topological polar surface area (TPSA) is 75.1 Å². The molecule has 1 saturated carbocycles. The molecule has 2 N–H and O–H groups in total. The van der Waals surface area contributed by atoms with E-state index in [1.54, 1.807) is 6.20 Å². The zero-order chi connectivity index (χ0) is 22.0. The van der Waals surface area contributed by atoms with Gasteiger partial charge in [-0.2, -0.15) is 0 Å². The van der Waals surface area contributed by atoms with Crippen molar-refractivity contribution in [1.82, 2.24) is 9.97 Å². The van der Waals surface area contributed by atoms with Gasteiger partial charge in [0.1, 0.15) is 12.1 Å². The smallest absolute Gasteiger partial charge is 0.208 e. The van der Waals surface area contributed by atoms with Crippen LogP contribution in [0.2, 0.25) is 5.02 Å². The average Bonchev–Trinajstić information content (AvgIpc) is 3.29. The highest BCUT2D eigenvalue weighted by Gasteiger charge is 2.32. The first-order chi connectivity index (χ1) is 14.9. The van der Waals surface area contributed by atoms with E-state index in [9.17, 15) is 9.90 Å². The van der Waals surface area contributed by atoms with Crippen molar-refractivity contribution >= 4 is 34.5 Å². The minimum absolute atomic E-state index is 0.0623. The minimum Gasteiger partial charge on any atom is -0.396 e. The number of aliphatic hydroxyl groups is 1. The van der Waals surface area contributed by atoms with Crippen molar-refractivity contribution in [3.63, 3.8) is 0 Å². The quantitative estimate of drug-likeness (QED) is 0.482. The van der Waals surface area contributed by atoms with Crippen molar-refractivity contribution in [2.24, 2.45) is 11.8 Å². The van der Waals surface area contributed by atoms with E-state index >= 15 is 0 Å². The zero-order valence-corrected chi connectivity index (χ0v) is 19.2. The molecule has 0 spiro atoms. The lowest BCUT2D eigenvalue weighted by Gasteiger charge is -2.15. The molecule has 31 heavy (non-hydrogen) atoms. The van der Waals surface area contributed by atoms with Gasteiger partial charge in [0.2, 0.25) is 5.78 Å². The van der Waals surface area contributed by atoms with Gasteiger partial charge >= 0.3 is 0 Å². The highest BCUT2D eigenvalue weighted by Crippen LogP contribution is 2.34. The molecule has 0 bridgehead atoms. The van der Waals surface area contributed by atoms with Gasteiger partial charge in [0, 0.05) is 35.2 Å². The van der Waals surface area contributed by atoms with Crippen LogP contribution in [0.3, 0.4) is 0 Å². The Morgan fingerprint density at radius 3 is 2.90 bits per heavy atom. The van der Waals surface area contributed by atoms with Crippen LogP contribution < -0.4 is 5.32 Å². The Labute approximate surface area is 191 Å². The standard InChI is InChI=1S/C24H26ClN3O2S/c1-14-6-19(10-17(14)12-29)28-24-21(11-26-13-27-24)22(30)23-15(2)7-20(31-23)9-16-4-3-5-18(25)8-16/h3-5,7-8,11,13-14,17,19,29H,6,9-10,12H2,1-2H3,(H,26,27,28)/t14-,17+,19-/m0/s1. The normalized spacial score (nSPS) is 20.7. The molecule has 1 fully saturated rings. The molecule has 0 radical (unpaired) electrons. The number of aryl methyl sites for hydroxylation is 1. The fourth-order valence-corrected chi connectivity index (χ4v) is 5.71. The van der Waals surface area contributed by atoms with Gasteiger partial charge in [-0.1, -0.05) is 30.7 Å². The summed E-state index contributed by atoms with van der Waals surface area (Å²) in [7, 11) is 0. The Bertz CT molecular complexity index is 1080. The van der Waals surface area contributed by atoms with Crippen molar-refractivity contribution < 1.29 is 9.90 Å². The summed E-state index contributed by atoms with van der Waals surface area (Å²) in [5, 5.41) is 13.7. The highest BCUT2D eigenvalue weighted by molar-refractivity contribution is 7.14. The molecule has 5 nitrogen and oxygen atoms in total. The van der Waals surface area contributed by atoms with E-state index in [0.717, 1.165) is 35.3 Å². The van der Waals surface area contributed by atoms with E-state index in [4.69, 9.17) is 11.6 Å². The van der Waals surface area contributed by atoms with Crippen molar-refractivity contribution in [2.75, 3.05) is 11.9 Å². The summed E-state index contributed by atoms with van der Waals surface area (Å²) >= 11 is 7.62. The lowest BCUT2D eigenvalue weighted by atomic mass is 10.00. The molecule has 1 aliphatic carbocycles. The number of halogens is 1. The summed E-state index contributed by atoms with van der Waals surface area (Å²) in [5.41, 5.74) is 2.56. The van der Waals surface area contributed by atoms with E-state index in [0.29, 0.717) is 27.2 Å². The molecular formula is C24H26ClN3O2S.